The number of benzene rings is 2. The van der Waals surface area contributed by atoms with Gasteiger partial charge in [0, 0.05) is 36.4 Å². The molecule has 1 saturated heterocycles. The second-order valence-corrected chi connectivity index (χ2v) is 15.9. The lowest BCUT2D eigenvalue weighted by atomic mass is 10.1. The number of quaternary nitrogens is 1. The van der Waals surface area contributed by atoms with E-state index in [1.54, 1.807) is 18.3 Å². The fourth-order valence-electron chi connectivity index (χ4n) is 5.11. The number of rotatable bonds is 6. The average Bonchev–Trinajstić information content (AvgIpc) is 3.12. The molecule has 2 aromatic carbocycles. The third-order valence-corrected chi connectivity index (χ3v) is 9.33. The highest BCUT2D eigenvalue weighted by molar-refractivity contribution is 6.88. The number of alkyl halides is 3. The molecule has 0 bridgehead atoms. The summed E-state index contributed by atoms with van der Waals surface area (Å²) in [6.07, 6.45) is 0.134. The van der Waals surface area contributed by atoms with Gasteiger partial charge in [0.1, 0.15) is 12.4 Å². The molecule has 1 atom stereocenters. The van der Waals surface area contributed by atoms with E-state index >= 15 is 0 Å². The van der Waals surface area contributed by atoms with Crippen molar-refractivity contribution < 1.29 is 18.0 Å². The zero-order chi connectivity index (χ0) is 26.6. The monoisotopic (exact) mass is 523 g/mol. The topological polar surface area (TPSA) is 59.2 Å². The first-order chi connectivity index (χ1) is 17.4. The number of amides is 1. The molecule has 5 nitrogen and oxygen atoms in total. The van der Waals surface area contributed by atoms with Crippen molar-refractivity contribution >= 4 is 42.4 Å². The van der Waals surface area contributed by atoms with E-state index in [0.717, 1.165) is 48.7 Å². The van der Waals surface area contributed by atoms with Crippen LogP contribution in [0.1, 0.15) is 23.1 Å². The van der Waals surface area contributed by atoms with Gasteiger partial charge in [-0.1, -0.05) is 43.0 Å². The number of aromatic nitrogens is 1. The van der Waals surface area contributed by atoms with E-state index in [0.29, 0.717) is 16.9 Å². The Morgan fingerprint density at radius 2 is 1.84 bits per heavy atom. The molecule has 0 radical (unpaired) electrons. The van der Waals surface area contributed by atoms with E-state index in [1.165, 1.54) is 11.3 Å². The minimum absolute atomic E-state index is 0.0889. The Hall–Kier alpha value is -3.43. The molecule has 2 aliphatic rings. The Morgan fingerprint density at radius 3 is 2.41 bits per heavy atom. The number of fused-ring (bicyclic) bond motifs is 1. The van der Waals surface area contributed by atoms with Gasteiger partial charge in [-0.25, -0.2) is 9.47 Å². The highest BCUT2D eigenvalue weighted by atomic mass is 28.3. The Labute approximate surface area is 215 Å². The van der Waals surface area contributed by atoms with E-state index in [1.807, 2.05) is 18.2 Å². The Bertz CT molecular complexity index is 1390. The zero-order valence-corrected chi connectivity index (χ0v) is 22.1. The lowest BCUT2D eigenvalue weighted by molar-refractivity contribution is -0.137. The van der Waals surface area contributed by atoms with Crippen LogP contribution >= 0.6 is 0 Å². The molecular formula is C28H30F3N4OSi+. The van der Waals surface area contributed by atoms with Gasteiger partial charge < -0.3 is 10.6 Å². The van der Waals surface area contributed by atoms with Gasteiger partial charge in [-0.2, -0.15) is 13.2 Å². The van der Waals surface area contributed by atoms with Crippen molar-refractivity contribution in [1.29, 1.82) is 0 Å². The lowest BCUT2D eigenvalue weighted by Crippen LogP contribution is -2.46. The largest absolute Gasteiger partial charge is 0.416 e. The third kappa shape index (κ3) is 4.46. The molecule has 9 heteroatoms. The Morgan fingerprint density at radius 1 is 1.08 bits per heavy atom. The second-order valence-electron chi connectivity index (χ2n) is 10.8. The molecule has 2 N–H and O–H groups in total. The first-order valence-electron chi connectivity index (χ1n) is 12.3. The van der Waals surface area contributed by atoms with E-state index in [9.17, 15) is 18.0 Å². The van der Waals surface area contributed by atoms with Crippen LogP contribution in [0.25, 0.3) is 6.08 Å². The SMILES string of the molecule is C[Si](C)(C)c1ccc2c(c1)[N+](Cc1cccc(C(F)(F)F)c1)(c1ccc(N3CCC3)nc1)C(C(N)=O)=C2. The van der Waals surface area contributed by atoms with Gasteiger partial charge in [-0.05, 0) is 36.8 Å². The number of hydrogen-bond acceptors (Lipinski definition) is 3. The molecule has 1 fully saturated rings. The summed E-state index contributed by atoms with van der Waals surface area (Å²) in [4.78, 5) is 19.8. The van der Waals surface area contributed by atoms with E-state index in [4.69, 9.17) is 5.73 Å². The van der Waals surface area contributed by atoms with Crippen molar-refractivity contribution in [3.05, 3.63) is 83.2 Å². The number of pyridine rings is 1. The molecule has 3 heterocycles. The minimum atomic E-state index is -4.47. The Balaban J connectivity index is 1.73. The summed E-state index contributed by atoms with van der Waals surface area (Å²) in [5.41, 5.74) is 8.30. The molecule has 1 amide bonds. The van der Waals surface area contributed by atoms with Gasteiger partial charge in [0.15, 0.2) is 11.4 Å². The fourth-order valence-corrected chi connectivity index (χ4v) is 6.26. The van der Waals surface area contributed by atoms with Gasteiger partial charge in [0.25, 0.3) is 0 Å². The third-order valence-electron chi connectivity index (χ3n) is 7.29. The molecule has 192 valence electrons. The molecule has 5 rings (SSSR count). The number of halogens is 3. The van der Waals surface area contributed by atoms with E-state index in [2.05, 4.69) is 41.7 Å². The molecule has 2 aliphatic heterocycles. The summed E-state index contributed by atoms with van der Waals surface area (Å²) in [5.74, 6) is 0.219. The number of nitrogens with zero attached hydrogens (tertiary/aromatic N) is 3. The Kier molecular flexibility index (Phi) is 6.03. The standard InChI is InChI=1S/C28H29F3N4OSi/c1-37(2,3)23-10-8-20-15-25(27(32)36)35(24(20)16-23,18-19-6-4-7-21(14-19)28(29,30)31)22-9-11-26(33-17-22)34-12-5-13-34/h4,6-11,14-17H,5,12-13,18H2,1-3H3,(H-,32,36)/p+1. The predicted molar refractivity (Wildman–Crippen MR) is 144 cm³/mol. The van der Waals surface area contributed by atoms with Crippen LogP contribution in [0.15, 0.2) is 66.5 Å². The predicted octanol–water partition coefficient (Wildman–Crippen LogP) is 5.53. The summed E-state index contributed by atoms with van der Waals surface area (Å²) >= 11 is 0. The molecule has 0 spiro atoms. The van der Waals surface area contributed by atoms with Crippen molar-refractivity contribution in [3.8, 4) is 0 Å². The maximum atomic E-state index is 13.6. The fraction of sp³-hybridized carbons (Fsp3) is 0.286. The smallest absolute Gasteiger partial charge is 0.361 e. The first kappa shape index (κ1) is 25.2. The molecule has 3 aromatic rings. The quantitative estimate of drug-likeness (QED) is 0.341. The maximum Gasteiger partial charge on any atom is 0.416 e. The van der Waals surface area contributed by atoms with Crippen LogP contribution in [-0.4, -0.2) is 32.1 Å². The summed E-state index contributed by atoms with van der Waals surface area (Å²) < 4.78 is 40.6. The molecular weight excluding hydrogens is 493 g/mol. The first-order valence-corrected chi connectivity index (χ1v) is 15.8. The second kappa shape index (κ2) is 8.85. The van der Waals surface area contributed by atoms with Crippen LogP contribution in [0, 0.1) is 0 Å². The van der Waals surface area contributed by atoms with Crippen LogP contribution in [0.5, 0.6) is 0 Å². The summed E-state index contributed by atoms with van der Waals surface area (Å²) in [7, 11) is -1.76. The highest BCUT2D eigenvalue weighted by Crippen LogP contribution is 2.49. The van der Waals surface area contributed by atoms with Gasteiger partial charge in [0.05, 0.1) is 19.8 Å². The molecule has 37 heavy (non-hydrogen) atoms. The average molecular weight is 524 g/mol. The molecule has 0 aliphatic carbocycles. The van der Waals surface area contributed by atoms with Crippen LogP contribution in [0.3, 0.4) is 0 Å². The summed E-state index contributed by atoms with van der Waals surface area (Å²) in [5, 5.41) is 1.18. The molecule has 0 saturated carbocycles. The minimum Gasteiger partial charge on any atom is -0.361 e. The van der Waals surface area contributed by atoms with Crippen molar-refractivity contribution in [2.24, 2.45) is 5.73 Å². The van der Waals surface area contributed by atoms with Crippen molar-refractivity contribution in [3.63, 3.8) is 0 Å². The van der Waals surface area contributed by atoms with Crippen molar-refractivity contribution in [1.82, 2.24) is 9.47 Å². The van der Waals surface area contributed by atoms with Gasteiger partial charge in [-0.15, -0.1) is 0 Å². The van der Waals surface area contributed by atoms with Gasteiger partial charge >= 0.3 is 12.1 Å². The summed E-state index contributed by atoms with van der Waals surface area (Å²) in [6, 6.07) is 15.3. The number of primary amides is 1. The molecule has 1 unspecified atom stereocenters. The number of carbonyl (C=O) groups is 1. The highest BCUT2D eigenvalue weighted by Gasteiger charge is 2.48. The van der Waals surface area contributed by atoms with Crippen molar-refractivity contribution in [2.45, 2.75) is 38.8 Å². The maximum absolute atomic E-state index is 13.6. The van der Waals surface area contributed by atoms with E-state index < -0.39 is 25.7 Å². The number of nitrogens with two attached hydrogens (primary N) is 1. The summed E-state index contributed by atoms with van der Waals surface area (Å²) in [6.45, 7) is 8.66. The van der Waals surface area contributed by atoms with Crippen LogP contribution in [0.2, 0.25) is 19.6 Å². The van der Waals surface area contributed by atoms with Crippen LogP contribution < -0.4 is 20.3 Å². The molecule has 1 aromatic heterocycles. The lowest BCUT2D eigenvalue weighted by Gasteiger charge is -2.37. The zero-order valence-electron chi connectivity index (χ0n) is 21.1. The van der Waals surface area contributed by atoms with Gasteiger partial charge in [-0.3, -0.25) is 4.79 Å². The van der Waals surface area contributed by atoms with Crippen LogP contribution in [-0.2, 0) is 17.5 Å². The normalized spacial score (nSPS) is 19.3. The van der Waals surface area contributed by atoms with Crippen LogP contribution in [0.4, 0.5) is 30.4 Å². The van der Waals surface area contributed by atoms with E-state index in [-0.39, 0.29) is 11.0 Å². The number of anilines is 1. The van der Waals surface area contributed by atoms with Crippen molar-refractivity contribution in [2.75, 3.05) is 18.0 Å². The van der Waals surface area contributed by atoms with Gasteiger partial charge in [0.2, 0.25) is 5.70 Å². The number of carbonyl (C=O) groups excluding carboxylic acids is 1. The number of hydrogen-bond donors (Lipinski definition) is 1.